The van der Waals surface area contributed by atoms with Crippen molar-refractivity contribution in [2.75, 3.05) is 26.2 Å². The summed E-state index contributed by atoms with van der Waals surface area (Å²) in [6, 6.07) is 8.53. The van der Waals surface area contributed by atoms with E-state index < -0.39 is 0 Å². The first-order valence-electron chi connectivity index (χ1n) is 9.95. The van der Waals surface area contributed by atoms with E-state index in [1.807, 2.05) is 33.8 Å². The van der Waals surface area contributed by atoms with E-state index in [0.29, 0.717) is 17.7 Å². The SMILES string of the molecule is O=C(c1nnn(-c2ccc(Br)cc2)c1C1CC1)N1CCC(N2CCCC2)C1. The normalized spacial score (nSPS) is 23.3. The van der Waals surface area contributed by atoms with Crippen molar-refractivity contribution >= 4 is 21.8 Å². The Balaban J connectivity index is 1.40. The molecular weight excluding hydrogens is 406 g/mol. The molecule has 3 heterocycles. The molecule has 2 aromatic rings. The van der Waals surface area contributed by atoms with Gasteiger partial charge in [0.1, 0.15) is 0 Å². The van der Waals surface area contributed by atoms with Crippen molar-refractivity contribution in [1.29, 1.82) is 0 Å². The van der Waals surface area contributed by atoms with E-state index in [1.54, 1.807) is 0 Å². The van der Waals surface area contributed by atoms with Gasteiger partial charge in [-0.25, -0.2) is 4.68 Å². The Bertz CT molecular complexity index is 839. The van der Waals surface area contributed by atoms with Crippen LogP contribution in [0, 0.1) is 0 Å². The van der Waals surface area contributed by atoms with E-state index in [4.69, 9.17) is 0 Å². The summed E-state index contributed by atoms with van der Waals surface area (Å²) in [6.07, 6.45) is 5.88. The van der Waals surface area contributed by atoms with Gasteiger partial charge in [0, 0.05) is 29.5 Å². The summed E-state index contributed by atoms with van der Waals surface area (Å²) in [6.45, 7) is 4.02. The Morgan fingerprint density at radius 1 is 1.04 bits per heavy atom. The summed E-state index contributed by atoms with van der Waals surface area (Å²) in [4.78, 5) is 17.8. The maximum atomic E-state index is 13.2. The van der Waals surface area contributed by atoms with Crippen molar-refractivity contribution in [3.05, 3.63) is 40.1 Å². The Morgan fingerprint density at radius 3 is 2.48 bits per heavy atom. The summed E-state index contributed by atoms with van der Waals surface area (Å²) in [5.74, 6) is 0.460. The number of amides is 1. The molecule has 1 atom stereocenters. The Kier molecular flexibility index (Phi) is 4.52. The number of hydrogen-bond acceptors (Lipinski definition) is 4. The van der Waals surface area contributed by atoms with Gasteiger partial charge in [0.05, 0.1) is 11.4 Å². The number of carbonyl (C=O) groups excluding carboxylic acids is 1. The first-order chi connectivity index (χ1) is 13.2. The van der Waals surface area contributed by atoms with Gasteiger partial charge in [-0.15, -0.1) is 5.10 Å². The van der Waals surface area contributed by atoms with Gasteiger partial charge in [-0.3, -0.25) is 9.69 Å². The fourth-order valence-electron chi connectivity index (χ4n) is 4.42. The zero-order valence-corrected chi connectivity index (χ0v) is 16.9. The first-order valence-corrected chi connectivity index (χ1v) is 10.7. The van der Waals surface area contributed by atoms with Gasteiger partial charge in [-0.1, -0.05) is 21.1 Å². The zero-order chi connectivity index (χ0) is 18.4. The van der Waals surface area contributed by atoms with Crippen LogP contribution >= 0.6 is 15.9 Å². The van der Waals surface area contributed by atoms with Crippen LogP contribution < -0.4 is 0 Å². The van der Waals surface area contributed by atoms with Crippen LogP contribution in [0.1, 0.15) is 54.2 Å². The molecule has 5 rings (SSSR count). The van der Waals surface area contributed by atoms with Crippen molar-refractivity contribution < 1.29 is 4.79 Å². The fourth-order valence-corrected chi connectivity index (χ4v) is 4.68. The van der Waals surface area contributed by atoms with Gasteiger partial charge in [0.2, 0.25) is 0 Å². The van der Waals surface area contributed by atoms with Crippen LogP contribution in [0.3, 0.4) is 0 Å². The van der Waals surface area contributed by atoms with Gasteiger partial charge < -0.3 is 4.90 Å². The lowest BCUT2D eigenvalue weighted by Gasteiger charge is -2.23. The summed E-state index contributed by atoms with van der Waals surface area (Å²) >= 11 is 3.47. The Morgan fingerprint density at radius 2 is 1.78 bits per heavy atom. The van der Waals surface area contributed by atoms with Crippen LogP contribution in [0.5, 0.6) is 0 Å². The number of hydrogen-bond donors (Lipinski definition) is 0. The highest BCUT2D eigenvalue weighted by Crippen LogP contribution is 2.42. The minimum absolute atomic E-state index is 0.0574. The predicted molar refractivity (Wildman–Crippen MR) is 106 cm³/mol. The third-order valence-electron chi connectivity index (χ3n) is 6.05. The van der Waals surface area contributed by atoms with E-state index >= 15 is 0 Å². The maximum absolute atomic E-state index is 13.2. The molecule has 0 spiro atoms. The van der Waals surface area contributed by atoms with Crippen molar-refractivity contribution in [2.45, 2.75) is 44.1 Å². The molecule has 6 nitrogen and oxygen atoms in total. The molecule has 1 aromatic carbocycles. The Hall–Kier alpha value is -1.73. The van der Waals surface area contributed by atoms with Crippen molar-refractivity contribution in [2.24, 2.45) is 0 Å². The van der Waals surface area contributed by atoms with Crippen molar-refractivity contribution in [1.82, 2.24) is 24.8 Å². The van der Waals surface area contributed by atoms with Crippen LogP contribution in [0.2, 0.25) is 0 Å². The Labute approximate surface area is 167 Å². The molecule has 0 bridgehead atoms. The van der Waals surface area contributed by atoms with E-state index in [-0.39, 0.29) is 5.91 Å². The van der Waals surface area contributed by atoms with Gasteiger partial charge in [0.25, 0.3) is 5.91 Å². The molecule has 1 unspecified atom stereocenters. The van der Waals surface area contributed by atoms with Crippen LogP contribution in [-0.2, 0) is 0 Å². The zero-order valence-electron chi connectivity index (χ0n) is 15.4. The minimum Gasteiger partial charge on any atom is -0.336 e. The predicted octanol–water partition coefficient (Wildman–Crippen LogP) is 3.22. The molecule has 7 heteroatoms. The topological polar surface area (TPSA) is 54.3 Å². The average molecular weight is 430 g/mol. The van der Waals surface area contributed by atoms with Gasteiger partial charge in [-0.2, -0.15) is 0 Å². The highest BCUT2D eigenvalue weighted by molar-refractivity contribution is 9.10. The van der Waals surface area contributed by atoms with E-state index in [0.717, 1.165) is 48.2 Å². The molecule has 0 N–H and O–H groups in total. The molecule has 3 fully saturated rings. The van der Waals surface area contributed by atoms with E-state index in [2.05, 4.69) is 31.1 Å². The maximum Gasteiger partial charge on any atom is 0.276 e. The van der Waals surface area contributed by atoms with Crippen molar-refractivity contribution in [3.8, 4) is 5.69 Å². The number of nitrogens with zero attached hydrogens (tertiary/aromatic N) is 5. The number of likely N-dealkylation sites (tertiary alicyclic amines) is 2. The summed E-state index contributed by atoms with van der Waals surface area (Å²) in [5, 5.41) is 8.70. The fraction of sp³-hybridized carbons (Fsp3) is 0.550. The highest BCUT2D eigenvalue weighted by atomic mass is 79.9. The van der Waals surface area contributed by atoms with Crippen LogP contribution in [0.25, 0.3) is 5.69 Å². The summed E-state index contributed by atoms with van der Waals surface area (Å²) < 4.78 is 2.89. The molecule has 1 aromatic heterocycles. The number of halogens is 1. The quantitative estimate of drug-likeness (QED) is 0.748. The summed E-state index contributed by atoms with van der Waals surface area (Å²) in [7, 11) is 0. The molecule has 2 saturated heterocycles. The molecule has 3 aliphatic rings. The second kappa shape index (κ2) is 7.02. The van der Waals surface area contributed by atoms with Crippen molar-refractivity contribution in [3.63, 3.8) is 0 Å². The average Bonchev–Trinajstić information content (AvgIpc) is 3.12. The van der Waals surface area contributed by atoms with Gasteiger partial charge in [0.15, 0.2) is 5.69 Å². The van der Waals surface area contributed by atoms with Gasteiger partial charge >= 0.3 is 0 Å². The van der Waals surface area contributed by atoms with Crippen LogP contribution in [0.4, 0.5) is 0 Å². The van der Waals surface area contributed by atoms with Crippen LogP contribution in [-0.4, -0.2) is 62.9 Å². The third kappa shape index (κ3) is 3.31. The van der Waals surface area contributed by atoms with E-state index in [1.165, 1.54) is 25.9 Å². The molecule has 1 saturated carbocycles. The lowest BCUT2D eigenvalue weighted by molar-refractivity contribution is 0.0773. The largest absolute Gasteiger partial charge is 0.336 e. The van der Waals surface area contributed by atoms with E-state index in [9.17, 15) is 4.79 Å². The smallest absolute Gasteiger partial charge is 0.276 e. The number of rotatable bonds is 4. The first kappa shape index (κ1) is 17.4. The minimum atomic E-state index is 0.0574. The molecule has 142 valence electrons. The number of aromatic nitrogens is 3. The molecule has 2 aliphatic heterocycles. The lowest BCUT2D eigenvalue weighted by atomic mass is 10.2. The monoisotopic (exact) mass is 429 g/mol. The highest BCUT2D eigenvalue weighted by Gasteiger charge is 2.38. The third-order valence-corrected chi connectivity index (χ3v) is 6.58. The standard InChI is InChI=1S/C20H24BrN5O/c21-15-5-7-16(8-6-15)26-19(14-3-4-14)18(22-23-26)20(27)25-12-9-17(13-25)24-10-1-2-11-24/h5-8,14,17H,1-4,9-13H2. The number of carbonyl (C=O) groups is 1. The number of benzene rings is 1. The lowest BCUT2D eigenvalue weighted by Crippen LogP contribution is -2.37. The molecule has 0 radical (unpaired) electrons. The summed E-state index contributed by atoms with van der Waals surface area (Å²) in [5.41, 5.74) is 2.51. The second-order valence-electron chi connectivity index (χ2n) is 7.92. The van der Waals surface area contributed by atoms with Gasteiger partial charge in [-0.05, 0) is 69.5 Å². The van der Waals surface area contributed by atoms with Crippen LogP contribution in [0.15, 0.2) is 28.7 Å². The molecule has 1 aliphatic carbocycles. The second-order valence-corrected chi connectivity index (χ2v) is 8.84. The molecule has 1 amide bonds. The molecular formula is C20H24BrN5O. The molecule has 27 heavy (non-hydrogen) atoms.